The number of nitrogens with one attached hydrogen (secondary N) is 1. The fraction of sp³-hybridized carbons (Fsp3) is 0.400. The van der Waals surface area contributed by atoms with Crippen molar-refractivity contribution in [2.45, 2.75) is 19.0 Å². The molecule has 0 saturated heterocycles. The Bertz CT molecular complexity index is 364. The second-order valence-corrected chi connectivity index (χ2v) is 3.39. The van der Waals surface area contributed by atoms with E-state index in [1.807, 2.05) is 0 Å². The van der Waals surface area contributed by atoms with Gasteiger partial charge in [-0.3, -0.25) is 0 Å². The van der Waals surface area contributed by atoms with Crippen LogP contribution in [0, 0.1) is 17.5 Å². The summed E-state index contributed by atoms with van der Waals surface area (Å²) in [6.07, 6.45) is -5.67. The highest BCUT2D eigenvalue weighted by atomic mass is 19.4. The number of alkyl halides is 3. The first-order valence-electron chi connectivity index (χ1n) is 4.75. The Kier molecular flexibility index (Phi) is 4.25. The molecule has 0 aromatic heterocycles. The average Bonchev–Trinajstić information content (AvgIpc) is 2.13. The highest BCUT2D eigenvalue weighted by Crippen LogP contribution is 2.23. The summed E-state index contributed by atoms with van der Waals surface area (Å²) in [6, 6.07) is 0.907. The Morgan fingerprint density at radius 2 is 1.53 bits per heavy atom. The summed E-state index contributed by atoms with van der Waals surface area (Å²) in [4.78, 5) is 0. The number of hydrogen-bond donors (Lipinski definition) is 1. The number of hydrogen-bond acceptors (Lipinski definition) is 1. The first-order valence-corrected chi connectivity index (χ1v) is 4.75. The molecule has 0 aliphatic carbocycles. The lowest BCUT2D eigenvalue weighted by atomic mass is 10.2. The van der Waals surface area contributed by atoms with Crippen molar-refractivity contribution in [3.05, 3.63) is 29.6 Å². The van der Waals surface area contributed by atoms with Crippen LogP contribution in [-0.2, 0) is 0 Å². The predicted octanol–water partition coefficient (Wildman–Crippen LogP) is 3.86. The number of halogens is 6. The van der Waals surface area contributed by atoms with Crippen LogP contribution in [0.2, 0.25) is 0 Å². The van der Waals surface area contributed by atoms with Crippen LogP contribution in [0.4, 0.5) is 32.0 Å². The molecule has 17 heavy (non-hydrogen) atoms. The molecule has 0 atom stereocenters. The van der Waals surface area contributed by atoms with Crippen LogP contribution in [0.5, 0.6) is 0 Å². The molecule has 0 saturated carbocycles. The van der Waals surface area contributed by atoms with Gasteiger partial charge in [0.1, 0.15) is 11.5 Å². The summed E-state index contributed by atoms with van der Waals surface area (Å²) in [6.45, 7) is -0.251. The SMILES string of the molecule is Fc1cc(F)c(NCCCC(F)(F)F)c(F)c1. The van der Waals surface area contributed by atoms with E-state index in [1.54, 1.807) is 0 Å². The molecule has 0 unspecified atom stereocenters. The van der Waals surface area contributed by atoms with E-state index in [-0.39, 0.29) is 13.0 Å². The minimum Gasteiger partial charge on any atom is -0.380 e. The van der Waals surface area contributed by atoms with E-state index in [1.165, 1.54) is 0 Å². The number of anilines is 1. The molecular formula is C10H9F6N. The van der Waals surface area contributed by atoms with Crippen LogP contribution in [0.15, 0.2) is 12.1 Å². The zero-order valence-electron chi connectivity index (χ0n) is 8.54. The fourth-order valence-electron chi connectivity index (χ4n) is 1.21. The van der Waals surface area contributed by atoms with Crippen LogP contribution < -0.4 is 5.32 Å². The van der Waals surface area contributed by atoms with Gasteiger partial charge in [0, 0.05) is 25.1 Å². The zero-order chi connectivity index (χ0) is 13.1. The third kappa shape index (κ3) is 4.54. The Labute approximate surface area is 93.4 Å². The summed E-state index contributed by atoms with van der Waals surface area (Å²) in [5.41, 5.74) is -0.617. The molecule has 1 N–H and O–H groups in total. The van der Waals surface area contributed by atoms with Crippen molar-refractivity contribution in [2.75, 3.05) is 11.9 Å². The van der Waals surface area contributed by atoms with Gasteiger partial charge in [-0.25, -0.2) is 13.2 Å². The normalized spacial score (nSPS) is 11.6. The van der Waals surface area contributed by atoms with Crippen LogP contribution in [0.3, 0.4) is 0 Å². The van der Waals surface area contributed by atoms with E-state index in [4.69, 9.17) is 0 Å². The summed E-state index contributed by atoms with van der Waals surface area (Å²) in [5, 5.41) is 2.16. The molecule has 7 heteroatoms. The van der Waals surface area contributed by atoms with Gasteiger partial charge in [-0.2, -0.15) is 13.2 Å². The van der Waals surface area contributed by atoms with E-state index < -0.39 is 35.7 Å². The third-order valence-electron chi connectivity index (χ3n) is 1.95. The predicted molar refractivity (Wildman–Crippen MR) is 50.1 cm³/mol. The van der Waals surface area contributed by atoms with E-state index >= 15 is 0 Å². The van der Waals surface area contributed by atoms with Gasteiger partial charge in [-0.15, -0.1) is 0 Å². The first kappa shape index (κ1) is 13.7. The Morgan fingerprint density at radius 1 is 1.00 bits per heavy atom. The standard InChI is InChI=1S/C10H9F6N/c11-6-4-7(12)9(8(13)5-6)17-3-1-2-10(14,15)16/h4-5,17H,1-3H2. The Hall–Kier alpha value is -1.40. The molecule has 1 aromatic carbocycles. The second-order valence-electron chi connectivity index (χ2n) is 3.39. The van der Waals surface area contributed by atoms with Gasteiger partial charge in [0.2, 0.25) is 0 Å². The first-order chi connectivity index (χ1) is 7.79. The van der Waals surface area contributed by atoms with Gasteiger partial charge in [0.25, 0.3) is 0 Å². The van der Waals surface area contributed by atoms with Gasteiger partial charge in [-0.05, 0) is 6.42 Å². The quantitative estimate of drug-likeness (QED) is 0.638. The third-order valence-corrected chi connectivity index (χ3v) is 1.95. The summed E-state index contributed by atoms with van der Waals surface area (Å²) < 4.78 is 73.8. The summed E-state index contributed by atoms with van der Waals surface area (Å²) >= 11 is 0. The topological polar surface area (TPSA) is 12.0 Å². The second kappa shape index (κ2) is 5.29. The van der Waals surface area contributed by atoms with Gasteiger partial charge < -0.3 is 5.32 Å². The van der Waals surface area contributed by atoms with Crippen LogP contribution in [0.25, 0.3) is 0 Å². The van der Waals surface area contributed by atoms with Crippen molar-refractivity contribution in [3.63, 3.8) is 0 Å². The molecule has 0 heterocycles. The van der Waals surface area contributed by atoms with E-state index in [0.717, 1.165) is 0 Å². The van der Waals surface area contributed by atoms with E-state index in [2.05, 4.69) is 5.32 Å². The molecule has 0 fully saturated rings. The van der Waals surface area contributed by atoms with Gasteiger partial charge in [0.15, 0.2) is 11.6 Å². The lowest BCUT2D eigenvalue weighted by Gasteiger charge is -2.10. The molecular weight excluding hydrogens is 248 g/mol. The molecule has 0 radical (unpaired) electrons. The van der Waals surface area contributed by atoms with Crippen molar-refractivity contribution in [1.82, 2.24) is 0 Å². The maximum absolute atomic E-state index is 13.0. The Balaban J connectivity index is 2.53. The summed E-state index contributed by atoms with van der Waals surface area (Å²) in [7, 11) is 0. The lowest BCUT2D eigenvalue weighted by molar-refractivity contribution is -0.134. The van der Waals surface area contributed by atoms with Crippen LogP contribution in [0.1, 0.15) is 12.8 Å². The van der Waals surface area contributed by atoms with Crippen molar-refractivity contribution >= 4 is 5.69 Å². The monoisotopic (exact) mass is 257 g/mol. The summed E-state index contributed by atoms with van der Waals surface area (Å²) in [5.74, 6) is -3.43. The van der Waals surface area contributed by atoms with Gasteiger partial charge in [0.05, 0.1) is 0 Å². The maximum atomic E-state index is 13.0. The molecule has 0 amide bonds. The molecule has 1 rings (SSSR count). The van der Waals surface area contributed by atoms with Crippen molar-refractivity contribution in [1.29, 1.82) is 0 Å². The molecule has 96 valence electrons. The van der Waals surface area contributed by atoms with E-state index in [0.29, 0.717) is 12.1 Å². The fourth-order valence-corrected chi connectivity index (χ4v) is 1.21. The largest absolute Gasteiger partial charge is 0.389 e. The minimum absolute atomic E-state index is 0.251. The van der Waals surface area contributed by atoms with E-state index in [9.17, 15) is 26.3 Å². The number of benzene rings is 1. The lowest BCUT2D eigenvalue weighted by Crippen LogP contribution is -2.12. The van der Waals surface area contributed by atoms with Crippen molar-refractivity contribution in [3.8, 4) is 0 Å². The molecule has 0 spiro atoms. The maximum Gasteiger partial charge on any atom is 0.389 e. The van der Waals surface area contributed by atoms with Crippen molar-refractivity contribution in [2.24, 2.45) is 0 Å². The molecule has 0 aliphatic heterocycles. The average molecular weight is 257 g/mol. The van der Waals surface area contributed by atoms with Crippen LogP contribution in [-0.4, -0.2) is 12.7 Å². The molecule has 1 aromatic rings. The zero-order valence-corrected chi connectivity index (χ0v) is 8.54. The Morgan fingerprint density at radius 3 is 2.00 bits per heavy atom. The number of rotatable bonds is 4. The molecule has 0 bridgehead atoms. The smallest absolute Gasteiger partial charge is 0.380 e. The van der Waals surface area contributed by atoms with Gasteiger partial charge >= 0.3 is 6.18 Å². The highest BCUT2D eigenvalue weighted by molar-refractivity contribution is 5.46. The van der Waals surface area contributed by atoms with Crippen molar-refractivity contribution < 1.29 is 26.3 Å². The highest BCUT2D eigenvalue weighted by Gasteiger charge is 2.26. The molecule has 0 aliphatic rings. The van der Waals surface area contributed by atoms with Gasteiger partial charge in [-0.1, -0.05) is 0 Å². The minimum atomic E-state index is -4.30. The molecule has 1 nitrogen and oxygen atoms in total. The van der Waals surface area contributed by atoms with Crippen LogP contribution >= 0.6 is 0 Å².